The van der Waals surface area contributed by atoms with Crippen LogP contribution < -0.4 is 5.32 Å². The average molecular weight is 300 g/mol. The van der Waals surface area contributed by atoms with E-state index in [-0.39, 0.29) is 6.10 Å². The molecule has 0 bridgehead atoms. The predicted molar refractivity (Wildman–Crippen MR) is 78.9 cm³/mol. The van der Waals surface area contributed by atoms with Crippen molar-refractivity contribution in [1.29, 1.82) is 0 Å². The van der Waals surface area contributed by atoms with Crippen molar-refractivity contribution in [2.75, 3.05) is 13.2 Å². The molecule has 104 valence electrons. The van der Waals surface area contributed by atoms with E-state index in [2.05, 4.69) is 5.32 Å². The van der Waals surface area contributed by atoms with Gasteiger partial charge in [-0.25, -0.2) is 0 Å². The van der Waals surface area contributed by atoms with E-state index in [4.69, 9.17) is 27.9 Å². The van der Waals surface area contributed by atoms with Gasteiger partial charge in [0.2, 0.25) is 0 Å². The standard InChI is InChI=1S/C15H19Cl2NO/c16-12-6-5-10(7-13(12)17)15-8-18-14-4-2-1-3-11(14)9-19-15/h5-7,11,14-15,18H,1-4,8-9H2. The molecule has 0 aromatic heterocycles. The lowest BCUT2D eigenvalue weighted by molar-refractivity contribution is 0.0401. The molecule has 1 aromatic rings. The minimum atomic E-state index is 0.0837. The van der Waals surface area contributed by atoms with Gasteiger partial charge in [-0.2, -0.15) is 0 Å². The van der Waals surface area contributed by atoms with E-state index in [0.717, 1.165) is 18.7 Å². The summed E-state index contributed by atoms with van der Waals surface area (Å²) in [7, 11) is 0. The van der Waals surface area contributed by atoms with Gasteiger partial charge in [-0.3, -0.25) is 0 Å². The molecule has 3 atom stereocenters. The van der Waals surface area contributed by atoms with Gasteiger partial charge < -0.3 is 10.1 Å². The van der Waals surface area contributed by atoms with E-state index in [1.165, 1.54) is 25.7 Å². The molecule has 3 rings (SSSR count). The quantitative estimate of drug-likeness (QED) is 0.838. The smallest absolute Gasteiger partial charge is 0.0949 e. The normalized spacial score (nSPS) is 31.6. The molecule has 1 heterocycles. The van der Waals surface area contributed by atoms with Gasteiger partial charge in [-0.15, -0.1) is 0 Å². The van der Waals surface area contributed by atoms with E-state index in [1.54, 1.807) is 0 Å². The Morgan fingerprint density at radius 1 is 1.11 bits per heavy atom. The van der Waals surface area contributed by atoms with Crippen molar-refractivity contribution >= 4 is 23.2 Å². The monoisotopic (exact) mass is 299 g/mol. The third-order valence-corrected chi connectivity index (χ3v) is 5.04. The Hall–Kier alpha value is -0.280. The van der Waals surface area contributed by atoms with Crippen molar-refractivity contribution < 1.29 is 4.74 Å². The van der Waals surface area contributed by atoms with Crippen LogP contribution in [0.2, 0.25) is 10.0 Å². The molecular weight excluding hydrogens is 281 g/mol. The zero-order valence-electron chi connectivity index (χ0n) is 10.9. The lowest BCUT2D eigenvalue weighted by Gasteiger charge is -2.29. The molecule has 4 heteroatoms. The van der Waals surface area contributed by atoms with E-state index in [0.29, 0.717) is 22.0 Å². The molecular formula is C15H19Cl2NO. The molecule has 1 aliphatic carbocycles. The van der Waals surface area contributed by atoms with Crippen LogP contribution in [0.3, 0.4) is 0 Å². The van der Waals surface area contributed by atoms with Gasteiger partial charge in [-0.1, -0.05) is 42.1 Å². The van der Waals surface area contributed by atoms with Crippen LogP contribution in [0.5, 0.6) is 0 Å². The fourth-order valence-electron chi connectivity index (χ4n) is 3.16. The second kappa shape index (κ2) is 6.01. The Bertz CT molecular complexity index is 436. The first-order valence-corrected chi connectivity index (χ1v) is 7.79. The third kappa shape index (κ3) is 3.08. The van der Waals surface area contributed by atoms with Gasteiger partial charge in [0.25, 0.3) is 0 Å². The van der Waals surface area contributed by atoms with Crippen LogP contribution in [0.25, 0.3) is 0 Å². The van der Waals surface area contributed by atoms with Crippen LogP contribution in [-0.2, 0) is 4.74 Å². The number of benzene rings is 1. The lowest BCUT2D eigenvalue weighted by atomic mass is 9.85. The van der Waals surface area contributed by atoms with E-state index in [1.807, 2.05) is 18.2 Å². The highest BCUT2D eigenvalue weighted by molar-refractivity contribution is 6.42. The van der Waals surface area contributed by atoms with Crippen LogP contribution in [0.1, 0.15) is 37.4 Å². The molecule has 0 spiro atoms. The Kier molecular flexibility index (Phi) is 4.33. The first-order chi connectivity index (χ1) is 9.24. The minimum absolute atomic E-state index is 0.0837. The predicted octanol–water partition coefficient (Wildman–Crippen LogP) is 4.21. The fraction of sp³-hybridized carbons (Fsp3) is 0.600. The molecule has 0 radical (unpaired) electrons. The first-order valence-electron chi connectivity index (χ1n) is 7.04. The van der Waals surface area contributed by atoms with Gasteiger partial charge in [-0.05, 0) is 36.5 Å². The molecule has 2 nitrogen and oxygen atoms in total. The zero-order valence-corrected chi connectivity index (χ0v) is 12.4. The van der Waals surface area contributed by atoms with Crippen LogP contribution in [0.15, 0.2) is 18.2 Å². The molecule has 1 aliphatic heterocycles. The highest BCUT2D eigenvalue weighted by Gasteiger charge is 2.30. The van der Waals surface area contributed by atoms with Gasteiger partial charge in [0.1, 0.15) is 0 Å². The summed E-state index contributed by atoms with van der Waals surface area (Å²) in [5.41, 5.74) is 1.11. The van der Waals surface area contributed by atoms with Crippen LogP contribution in [0, 0.1) is 5.92 Å². The molecule has 1 saturated carbocycles. The summed E-state index contributed by atoms with van der Waals surface area (Å²) in [6, 6.07) is 6.41. The Balaban J connectivity index is 1.73. The third-order valence-electron chi connectivity index (χ3n) is 4.30. The summed E-state index contributed by atoms with van der Waals surface area (Å²) in [6.07, 6.45) is 5.32. The number of rotatable bonds is 1. The molecule has 2 fully saturated rings. The molecule has 2 aliphatic rings. The SMILES string of the molecule is Clc1ccc(C2CNC3CCCCC3CO2)cc1Cl. The molecule has 0 amide bonds. The van der Waals surface area contributed by atoms with Crippen molar-refractivity contribution in [1.82, 2.24) is 5.32 Å². The zero-order chi connectivity index (χ0) is 13.2. The van der Waals surface area contributed by atoms with Crippen LogP contribution in [-0.4, -0.2) is 19.2 Å². The topological polar surface area (TPSA) is 21.3 Å². The van der Waals surface area contributed by atoms with E-state index >= 15 is 0 Å². The summed E-state index contributed by atoms with van der Waals surface area (Å²) in [5.74, 6) is 0.668. The summed E-state index contributed by atoms with van der Waals surface area (Å²) >= 11 is 12.1. The van der Waals surface area contributed by atoms with Crippen molar-refractivity contribution in [2.24, 2.45) is 5.92 Å². The van der Waals surface area contributed by atoms with Gasteiger partial charge in [0.05, 0.1) is 22.8 Å². The van der Waals surface area contributed by atoms with E-state index in [9.17, 15) is 0 Å². The second-order valence-electron chi connectivity index (χ2n) is 5.55. The highest BCUT2D eigenvalue weighted by Crippen LogP contribution is 2.32. The second-order valence-corrected chi connectivity index (χ2v) is 6.37. The van der Waals surface area contributed by atoms with Gasteiger partial charge >= 0.3 is 0 Å². The van der Waals surface area contributed by atoms with Crippen molar-refractivity contribution in [3.05, 3.63) is 33.8 Å². The molecule has 1 aromatic carbocycles. The van der Waals surface area contributed by atoms with Crippen molar-refractivity contribution in [3.8, 4) is 0 Å². The summed E-state index contributed by atoms with van der Waals surface area (Å²) in [5, 5.41) is 4.86. The Labute approximate surface area is 124 Å². The van der Waals surface area contributed by atoms with Crippen molar-refractivity contribution in [3.63, 3.8) is 0 Å². The summed E-state index contributed by atoms with van der Waals surface area (Å²) < 4.78 is 6.09. The van der Waals surface area contributed by atoms with Crippen molar-refractivity contribution in [2.45, 2.75) is 37.8 Å². The Morgan fingerprint density at radius 3 is 2.79 bits per heavy atom. The number of hydrogen-bond donors (Lipinski definition) is 1. The molecule has 3 unspecified atom stereocenters. The van der Waals surface area contributed by atoms with E-state index < -0.39 is 0 Å². The number of nitrogens with one attached hydrogen (secondary N) is 1. The maximum Gasteiger partial charge on any atom is 0.0949 e. The number of ether oxygens (including phenoxy) is 1. The minimum Gasteiger partial charge on any atom is -0.372 e. The Morgan fingerprint density at radius 2 is 1.95 bits per heavy atom. The number of hydrogen-bond acceptors (Lipinski definition) is 2. The summed E-state index contributed by atoms with van der Waals surface area (Å²) in [4.78, 5) is 0. The maximum atomic E-state index is 6.09. The summed E-state index contributed by atoms with van der Waals surface area (Å²) in [6.45, 7) is 1.71. The largest absolute Gasteiger partial charge is 0.372 e. The lowest BCUT2D eigenvalue weighted by Crippen LogP contribution is -2.38. The number of halogens is 2. The van der Waals surface area contributed by atoms with Gasteiger partial charge in [0.15, 0.2) is 0 Å². The molecule has 1 N–H and O–H groups in total. The molecule has 19 heavy (non-hydrogen) atoms. The number of fused-ring (bicyclic) bond motifs is 1. The average Bonchev–Trinajstić information content (AvgIpc) is 2.64. The highest BCUT2D eigenvalue weighted by atomic mass is 35.5. The first kappa shape index (κ1) is 13.7. The van der Waals surface area contributed by atoms with Gasteiger partial charge in [0, 0.05) is 12.6 Å². The van der Waals surface area contributed by atoms with Crippen LogP contribution >= 0.6 is 23.2 Å². The fourth-order valence-corrected chi connectivity index (χ4v) is 3.47. The van der Waals surface area contributed by atoms with Crippen LogP contribution in [0.4, 0.5) is 0 Å². The molecule has 1 saturated heterocycles. The maximum absolute atomic E-state index is 6.09.